The highest BCUT2D eigenvalue weighted by Crippen LogP contribution is 2.10. The monoisotopic (exact) mass is 206 g/mol. The summed E-state index contributed by atoms with van der Waals surface area (Å²) in [5.74, 6) is 0. The second-order valence-corrected chi connectivity index (χ2v) is 2.91. The molecule has 0 heterocycles. The van der Waals surface area contributed by atoms with Crippen molar-refractivity contribution >= 4 is 17.8 Å². The van der Waals surface area contributed by atoms with Gasteiger partial charge in [-0.25, -0.2) is 4.79 Å². The van der Waals surface area contributed by atoms with Gasteiger partial charge in [0.25, 0.3) is 0 Å². The Kier molecular flexibility index (Phi) is 4.37. The molecule has 3 N–H and O–H groups in total. The number of rotatable bonds is 3. The summed E-state index contributed by atoms with van der Waals surface area (Å²) in [6, 6.07) is 7.07. The molecule has 0 spiro atoms. The van der Waals surface area contributed by atoms with E-state index in [0.717, 1.165) is 11.3 Å². The quantitative estimate of drug-likeness (QED) is 0.700. The molecule has 0 aliphatic carbocycles. The molecular formula is C11H14N2O2. The lowest BCUT2D eigenvalue weighted by atomic mass is 10.2. The molecule has 4 heteroatoms. The molecule has 80 valence electrons. The standard InChI is InChI=1S/C11H14N2O2/c1-12-11(15)13-10-6-4-9(5-7-10)3-2-8-14/h2-7,14H,8H2,1H3,(H2,12,13,15)/b3-2+. The van der Waals surface area contributed by atoms with E-state index in [1.165, 1.54) is 0 Å². The molecule has 0 saturated heterocycles. The van der Waals surface area contributed by atoms with Crippen LogP contribution in [0.3, 0.4) is 0 Å². The lowest BCUT2D eigenvalue weighted by Crippen LogP contribution is -2.24. The van der Waals surface area contributed by atoms with Crippen molar-refractivity contribution in [3.8, 4) is 0 Å². The van der Waals surface area contributed by atoms with E-state index in [0.29, 0.717) is 0 Å². The molecular weight excluding hydrogens is 192 g/mol. The number of aliphatic hydroxyl groups is 1. The maximum Gasteiger partial charge on any atom is 0.318 e. The number of carbonyl (C=O) groups is 1. The zero-order chi connectivity index (χ0) is 11.1. The number of hydrogen-bond acceptors (Lipinski definition) is 2. The smallest absolute Gasteiger partial charge is 0.318 e. The summed E-state index contributed by atoms with van der Waals surface area (Å²) in [5.41, 5.74) is 1.71. The predicted octanol–water partition coefficient (Wildman–Crippen LogP) is 1.44. The van der Waals surface area contributed by atoms with Gasteiger partial charge in [-0.2, -0.15) is 0 Å². The van der Waals surface area contributed by atoms with Gasteiger partial charge in [-0.1, -0.05) is 24.3 Å². The van der Waals surface area contributed by atoms with Gasteiger partial charge in [-0.3, -0.25) is 0 Å². The molecule has 0 aromatic heterocycles. The number of anilines is 1. The van der Waals surface area contributed by atoms with Crippen LogP contribution in [0, 0.1) is 0 Å². The van der Waals surface area contributed by atoms with Crippen molar-refractivity contribution in [3.63, 3.8) is 0 Å². The van der Waals surface area contributed by atoms with Crippen LogP contribution in [0.15, 0.2) is 30.3 Å². The van der Waals surface area contributed by atoms with Crippen LogP contribution in [-0.4, -0.2) is 24.8 Å². The van der Waals surface area contributed by atoms with Crippen LogP contribution in [-0.2, 0) is 0 Å². The van der Waals surface area contributed by atoms with E-state index in [1.807, 2.05) is 18.2 Å². The maximum absolute atomic E-state index is 11.0. The van der Waals surface area contributed by atoms with Crippen molar-refractivity contribution in [3.05, 3.63) is 35.9 Å². The van der Waals surface area contributed by atoms with E-state index in [9.17, 15) is 4.79 Å². The summed E-state index contributed by atoms with van der Waals surface area (Å²) in [4.78, 5) is 11.0. The van der Waals surface area contributed by atoms with Gasteiger partial charge in [0.1, 0.15) is 0 Å². The number of nitrogens with one attached hydrogen (secondary N) is 2. The highest BCUT2D eigenvalue weighted by Gasteiger charge is 1.96. The Morgan fingerprint density at radius 1 is 1.40 bits per heavy atom. The molecule has 0 aliphatic heterocycles. The Morgan fingerprint density at radius 3 is 2.60 bits per heavy atom. The van der Waals surface area contributed by atoms with Gasteiger partial charge in [-0.15, -0.1) is 0 Å². The fourth-order valence-corrected chi connectivity index (χ4v) is 1.06. The van der Waals surface area contributed by atoms with Crippen molar-refractivity contribution in [1.29, 1.82) is 0 Å². The largest absolute Gasteiger partial charge is 0.392 e. The zero-order valence-electron chi connectivity index (χ0n) is 8.53. The molecule has 4 nitrogen and oxygen atoms in total. The lowest BCUT2D eigenvalue weighted by Gasteiger charge is -2.03. The highest BCUT2D eigenvalue weighted by molar-refractivity contribution is 5.89. The molecule has 0 fully saturated rings. The first-order valence-electron chi connectivity index (χ1n) is 4.62. The highest BCUT2D eigenvalue weighted by atomic mass is 16.2. The third kappa shape index (κ3) is 3.83. The number of amides is 2. The van der Waals surface area contributed by atoms with Crippen molar-refractivity contribution in [2.24, 2.45) is 0 Å². The van der Waals surface area contributed by atoms with E-state index in [2.05, 4.69) is 10.6 Å². The average Bonchev–Trinajstić information content (AvgIpc) is 2.28. The van der Waals surface area contributed by atoms with Gasteiger partial charge >= 0.3 is 6.03 Å². The average molecular weight is 206 g/mol. The minimum atomic E-state index is -0.242. The summed E-state index contributed by atoms with van der Waals surface area (Å²) < 4.78 is 0. The second kappa shape index (κ2) is 5.82. The molecule has 15 heavy (non-hydrogen) atoms. The number of carbonyl (C=O) groups excluding carboxylic acids is 1. The molecule has 0 aliphatic rings. The number of aliphatic hydroxyl groups excluding tert-OH is 1. The summed E-state index contributed by atoms with van der Waals surface area (Å²) in [7, 11) is 1.56. The van der Waals surface area contributed by atoms with Crippen LogP contribution in [0.1, 0.15) is 5.56 Å². The van der Waals surface area contributed by atoms with Gasteiger partial charge in [0, 0.05) is 12.7 Å². The summed E-state index contributed by atoms with van der Waals surface area (Å²) in [6.45, 7) is 0.0260. The van der Waals surface area contributed by atoms with Gasteiger partial charge in [0.15, 0.2) is 0 Å². The van der Waals surface area contributed by atoms with Crippen LogP contribution in [0.25, 0.3) is 6.08 Å². The lowest BCUT2D eigenvalue weighted by molar-refractivity contribution is 0.254. The predicted molar refractivity (Wildman–Crippen MR) is 60.6 cm³/mol. The molecule has 0 bridgehead atoms. The summed E-state index contributed by atoms with van der Waals surface area (Å²) >= 11 is 0. The zero-order valence-corrected chi connectivity index (χ0v) is 8.53. The Morgan fingerprint density at radius 2 is 2.07 bits per heavy atom. The Hall–Kier alpha value is -1.81. The fourth-order valence-electron chi connectivity index (χ4n) is 1.06. The molecule has 2 amide bonds. The van der Waals surface area contributed by atoms with Crippen molar-refractivity contribution in [1.82, 2.24) is 5.32 Å². The first-order valence-corrected chi connectivity index (χ1v) is 4.62. The third-order valence-electron chi connectivity index (χ3n) is 1.81. The van der Waals surface area contributed by atoms with Gasteiger partial charge < -0.3 is 15.7 Å². The number of hydrogen-bond donors (Lipinski definition) is 3. The van der Waals surface area contributed by atoms with Crippen LogP contribution >= 0.6 is 0 Å². The molecule has 0 radical (unpaired) electrons. The molecule has 1 rings (SSSR count). The summed E-state index contributed by atoms with van der Waals surface area (Å²) in [5, 5.41) is 13.7. The van der Waals surface area contributed by atoms with E-state index in [4.69, 9.17) is 5.11 Å². The number of benzene rings is 1. The fraction of sp³-hybridized carbons (Fsp3) is 0.182. The minimum absolute atomic E-state index is 0.0260. The Bertz CT molecular complexity index is 344. The van der Waals surface area contributed by atoms with Gasteiger partial charge in [0.05, 0.1) is 6.61 Å². The Labute approximate surface area is 88.6 Å². The van der Waals surface area contributed by atoms with E-state index < -0.39 is 0 Å². The second-order valence-electron chi connectivity index (χ2n) is 2.91. The van der Waals surface area contributed by atoms with Crippen LogP contribution in [0.5, 0.6) is 0 Å². The normalized spacial score (nSPS) is 10.3. The minimum Gasteiger partial charge on any atom is -0.392 e. The molecule has 0 unspecified atom stereocenters. The van der Waals surface area contributed by atoms with E-state index in [1.54, 1.807) is 25.3 Å². The first kappa shape index (κ1) is 11.3. The van der Waals surface area contributed by atoms with Crippen molar-refractivity contribution < 1.29 is 9.90 Å². The molecule has 0 saturated carbocycles. The Balaban J connectivity index is 2.64. The maximum atomic E-state index is 11.0. The first-order chi connectivity index (χ1) is 7.26. The van der Waals surface area contributed by atoms with Crippen LogP contribution < -0.4 is 10.6 Å². The van der Waals surface area contributed by atoms with Crippen LogP contribution in [0.4, 0.5) is 10.5 Å². The van der Waals surface area contributed by atoms with E-state index in [-0.39, 0.29) is 12.6 Å². The van der Waals surface area contributed by atoms with Crippen molar-refractivity contribution in [2.75, 3.05) is 19.0 Å². The topological polar surface area (TPSA) is 61.4 Å². The summed E-state index contributed by atoms with van der Waals surface area (Å²) in [6.07, 6.45) is 3.46. The number of urea groups is 1. The third-order valence-corrected chi connectivity index (χ3v) is 1.81. The SMILES string of the molecule is CNC(=O)Nc1ccc(/C=C/CO)cc1. The molecule has 1 aromatic carbocycles. The van der Waals surface area contributed by atoms with Crippen LogP contribution in [0.2, 0.25) is 0 Å². The molecule has 0 atom stereocenters. The van der Waals surface area contributed by atoms with Crippen molar-refractivity contribution in [2.45, 2.75) is 0 Å². The van der Waals surface area contributed by atoms with E-state index >= 15 is 0 Å². The molecule has 1 aromatic rings. The van der Waals surface area contributed by atoms with Gasteiger partial charge in [0.2, 0.25) is 0 Å². The van der Waals surface area contributed by atoms with Gasteiger partial charge in [-0.05, 0) is 17.7 Å².